The van der Waals surface area contributed by atoms with Crippen molar-refractivity contribution in [3.8, 4) is 51.0 Å². The Morgan fingerprint density at radius 3 is 2.00 bits per heavy atom. The first-order valence-electron chi connectivity index (χ1n) is 18.0. The van der Waals surface area contributed by atoms with Crippen molar-refractivity contribution in [2.45, 2.75) is 19.3 Å². The van der Waals surface area contributed by atoms with Crippen LogP contribution in [0.15, 0.2) is 158 Å². The molecule has 0 radical (unpaired) electrons. The minimum atomic E-state index is -0.0990. The summed E-state index contributed by atoms with van der Waals surface area (Å²) < 4.78 is 4.88. The lowest BCUT2D eigenvalue weighted by Gasteiger charge is -2.22. The monoisotopic (exact) mass is 696 g/mol. The zero-order valence-electron chi connectivity index (χ0n) is 29.2. The van der Waals surface area contributed by atoms with Crippen LogP contribution in [0.4, 0.5) is 0 Å². The highest BCUT2D eigenvalue weighted by Crippen LogP contribution is 2.51. The quantitative estimate of drug-likeness (QED) is 0.184. The molecule has 0 unspecified atom stereocenters. The highest BCUT2D eigenvalue weighted by atomic mass is 32.1. The normalized spacial score (nSPS) is 13.2. The predicted octanol–water partition coefficient (Wildman–Crippen LogP) is 12.6. The van der Waals surface area contributed by atoms with Gasteiger partial charge < -0.3 is 4.57 Å². The van der Waals surface area contributed by atoms with Crippen LogP contribution in [0.2, 0.25) is 0 Å². The number of benzene rings is 7. The zero-order chi connectivity index (χ0) is 35.3. The van der Waals surface area contributed by atoms with E-state index in [4.69, 9.17) is 15.0 Å². The van der Waals surface area contributed by atoms with Crippen LogP contribution in [-0.4, -0.2) is 19.5 Å². The van der Waals surface area contributed by atoms with E-state index in [0.29, 0.717) is 17.5 Å². The van der Waals surface area contributed by atoms with Gasteiger partial charge in [-0.15, -0.1) is 11.3 Å². The van der Waals surface area contributed by atoms with Gasteiger partial charge in [0.1, 0.15) is 0 Å². The summed E-state index contributed by atoms with van der Waals surface area (Å²) in [5.41, 5.74) is 11.6. The van der Waals surface area contributed by atoms with Gasteiger partial charge in [-0.1, -0.05) is 141 Å². The number of nitrogens with zero attached hydrogens (tertiary/aromatic N) is 4. The van der Waals surface area contributed by atoms with Gasteiger partial charge in [0, 0.05) is 58.6 Å². The fourth-order valence-electron chi connectivity index (χ4n) is 8.56. The summed E-state index contributed by atoms with van der Waals surface area (Å²) in [6.45, 7) is 4.68. The summed E-state index contributed by atoms with van der Waals surface area (Å²) in [5, 5.41) is 4.89. The maximum absolute atomic E-state index is 5.26. The molecule has 0 spiro atoms. The molecule has 0 aliphatic heterocycles. The molecule has 3 heterocycles. The Morgan fingerprint density at radius 1 is 0.472 bits per heavy atom. The minimum Gasteiger partial charge on any atom is -0.309 e. The number of rotatable bonds is 4. The van der Waals surface area contributed by atoms with Crippen molar-refractivity contribution in [2.24, 2.45) is 0 Å². The zero-order valence-corrected chi connectivity index (χ0v) is 30.0. The topological polar surface area (TPSA) is 43.6 Å². The summed E-state index contributed by atoms with van der Waals surface area (Å²) >= 11 is 1.79. The summed E-state index contributed by atoms with van der Waals surface area (Å²) in [7, 11) is 0. The SMILES string of the molecule is CC1(C)c2ccccc2-c2c(-n3c4ccccc4c4ccc(-c5nc(-c6ccccc6)nc(-c6cccc7c6sc6ccccc67)n5)cc43)cccc21. The van der Waals surface area contributed by atoms with Crippen LogP contribution >= 0.6 is 11.3 Å². The third kappa shape index (κ3) is 4.44. The minimum absolute atomic E-state index is 0.0990. The van der Waals surface area contributed by atoms with Gasteiger partial charge in [-0.2, -0.15) is 0 Å². The summed E-state index contributed by atoms with van der Waals surface area (Å²) in [4.78, 5) is 15.6. The van der Waals surface area contributed by atoms with Gasteiger partial charge in [0.2, 0.25) is 0 Å². The van der Waals surface area contributed by atoms with Crippen molar-refractivity contribution in [1.29, 1.82) is 0 Å². The van der Waals surface area contributed by atoms with E-state index in [1.54, 1.807) is 11.3 Å². The number of fused-ring (bicyclic) bond motifs is 9. The van der Waals surface area contributed by atoms with E-state index in [0.717, 1.165) is 22.2 Å². The van der Waals surface area contributed by atoms with Gasteiger partial charge >= 0.3 is 0 Å². The van der Waals surface area contributed by atoms with Gasteiger partial charge in [-0.3, -0.25) is 0 Å². The average molecular weight is 697 g/mol. The number of hydrogen-bond donors (Lipinski definition) is 0. The second-order valence-electron chi connectivity index (χ2n) is 14.4. The lowest BCUT2D eigenvalue weighted by Crippen LogP contribution is -2.14. The van der Waals surface area contributed by atoms with Crippen molar-refractivity contribution in [3.63, 3.8) is 0 Å². The summed E-state index contributed by atoms with van der Waals surface area (Å²) in [5.74, 6) is 1.98. The van der Waals surface area contributed by atoms with Crippen LogP contribution in [0.25, 0.3) is 93.0 Å². The van der Waals surface area contributed by atoms with Crippen LogP contribution in [0.3, 0.4) is 0 Å². The van der Waals surface area contributed by atoms with Crippen LogP contribution in [0.1, 0.15) is 25.0 Å². The molecule has 7 aromatic carbocycles. The first kappa shape index (κ1) is 30.2. The van der Waals surface area contributed by atoms with Crippen LogP contribution in [-0.2, 0) is 5.41 Å². The fourth-order valence-corrected chi connectivity index (χ4v) is 9.77. The first-order chi connectivity index (χ1) is 26.0. The fraction of sp³-hybridized carbons (Fsp3) is 0.0625. The van der Waals surface area contributed by atoms with Gasteiger partial charge in [0.25, 0.3) is 0 Å². The Bertz CT molecular complexity index is 3100. The Morgan fingerprint density at radius 2 is 1.11 bits per heavy atom. The highest BCUT2D eigenvalue weighted by Gasteiger charge is 2.37. The van der Waals surface area contributed by atoms with E-state index in [1.165, 1.54) is 64.4 Å². The van der Waals surface area contributed by atoms with E-state index >= 15 is 0 Å². The third-order valence-electron chi connectivity index (χ3n) is 11.1. The summed E-state index contributed by atoms with van der Waals surface area (Å²) in [6, 6.07) is 56.4. The molecular formula is C48H32N4S. The predicted molar refractivity (Wildman–Crippen MR) is 221 cm³/mol. The molecule has 0 saturated heterocycles. The average Bonchev–Trinajstić information content (AvgIpc) is 3.83. The molecule has 0 bridgehead atoms. The standard InChI is InChI=1S/C48H32N4S/c1-48(2)37-21-9-6-18-35(37)43-38(48)22-13-24-40(43)52-39-23-10-7-16-31(39)32-27-26-30(28-41(32)52)46-49-45(29-14-4-3-5-15-29)50-47(51-46)36-20-12-19-34-33-17-8-11-25-42(33)53-44(34)36/h3-28H,1-2H3. The van der Waals surface area contributed by atoms with Crippen LogP contribution < -0.4 is 0 Å². The van der Waals surface area contributed by atoms with Gasteiger partial charge in [0.15, 0.2) is 17.5 Å². The summed E-state index contributed by atoms with van der Waals surface area (Å²) in [6.07, 6.45) is 0. The number of thiophene rings is 1. The Labute approximate surface area is 310 Å². The second-order valence-corrected chi connectivity index (χ2v) is 15.5. The van der Waals surface area contributed by atoms with Gasteiger partial charge in [-0.25, -0.2) is 15.0 Å². The molecule has 10 aromatic rings. The van der Waals surface area contributed by atoms with Crippen molar-refractivity contribution in [2.75, 3.05) is 0 Å². The van der Waals surface area contributed by atoms with E-state index in [1.807, 2.05) is 18.2 Å². The maximum atomic E-state index is 5.26. The molecule has 0 saturated carbocycles. The van der Waals surface area contributed by atoms with Crippen LogP contribution in [0.5, 0.6) is 0 Å². The molecule has 0 amide bonds. The molecule has 11 rings (SSSR count). The van der Waals surface area contributed by atoms with Crippen molar-refractivity contribution in [3.05, 3.63) is 169 Å². The smallest absolute Gasteiger partial charge is 0.165 e. The molecule has 1 aliphatic carbocycles. The van der Waals surface area contributed by atoms with Crippen LogP contribution in [0, 0.1) is 0 Å². The molecule has 250 valence electrons. The van der Waals surface area contributed by atoms with E-state index in [2.05, 4.69) is 158 Å². The Balaban J connectivity index is 1.17. The largest absolute Gasteiger partial charge is 0.309 e. The molecule has 0 fully saturated rings. The molecule has 0 atom stereocenters. The second kappa shape index (κ2) is 11.3. The van der Waals surface area contributed by atoms with Gasteiger partial charge in [0.05, 0.1) is 16.7 Å². The highest BCUT2D eigenvalue weighted by molar-refractivity contribution is 7.26. The van der Waals surface area contributed by atoms with Crippen molar-refractivity contribution < 1.29 is 0 Å². The van der Waals surface area contributed by atoms with Crippen molar-refractivity contribution in [1.82, 2.24) is 19.5 Å². The lowest BCUT2D eigenvalue weighted by atomic mass is 9.82. The molecule has 5 heteroatoms. The Kier molecular flexibility index (Phi) is 6.43. The lowest BCUT2D eigenvalue weighted by molar-refractivity contribution is 0.660. The molecular weight excluding hydrogens is 665 g/mol. The Hall–Kier alpha value is -6.43. The molecule has 53 heavy (non-hydrogen) atoms. The number of hydrogen-bond acceptors (Lipinski definition) is 4. The molecule has 0 N–H and O–H groups in total. The van der Waals surface area contributed by atoms with E-state index in [-0.39, 0.29) is 5.41 Å². The molecule has 3 aromatic heterocycles. The number of para-hydroxylation sites is 1. The first-order valence-corrected chi connectivity index (χ1v) is 18.9. The van der Waals surface area contributed by atoms with Crippen molar-refractivity contribution >= 4 is 53.3 Å². The van der Waals surface area contributed by atoms with Gasteiger partial charge in [-0.05, 0) is 47.0 Å². The molecule has 4 nitrogen and oxygen atoms in total. The maximum Gasteiger partial charge on any atom is 0.165 e. The molecule has 1 aliphatic rings. The number of aromatic nitrogens is 4. The third-order valence-corrected chi connectivity index (χ3v) is 12.3. The van der Waals surface area contributed by atoms with E-state index in [9.17, 15) is 0 Å². The van der Waals surface area contributed by atoms with E-state index < -0.39 is 0 Å².